The Balaban J connectivity index is 1.63. The van der Waals surface area contributed by atoms with Crippen molar-refractivity contribution in [1.29, 1.82) is 5.26 Å². The van der Waals surface area contributed by atoms with E-state index < -0.39 is 5.92 Å². The molecule has 34 heavy (non-hydrogen) atoms. The molecule has 7 nitrogen and oxygen atoms in total. The molecule has 3 N–H and O–H groups in total. The molecule has 2 heterocycles. The van der Waals surface area contributed by atoms with Gasteiger partial charge >= 0.3 is 0 Å². The van der Waals surface area contributed by atoms with Crippen molar-refractivity contribution in [3.63, 3.8) is 0 Å². The largest absolute Gasteiger partial charge is 0.497 e. The van der Waals surface area contributed by atoms with E-state index in [1.165, 1.54) is 0 Å². The van der Waals surface area contributed by atoms with Crippen molar-refractivity contribution in [3.05, 3.63) is 107 Å². The van der Waals surface area contributed by atoms with Crippen LogP contribution in [-0.2, 0) is 6.61 Å². The Morgan fingerprint density at radius 2 is 1.85 bits per heavy atom. The van der Waals surface area contributed by atoms with Crippen LogP contribution in [0.25, 0.3) is 11.3 Å². The van der Waals surface area contributed by atoms with Crippen LogP contribution in [0.3, 0.4) is 0 Å². The van der Waals surface area contributed by atoms with E-state index in [9.17, 15) is 5.26 Å². The molecule has 1 aliphatic heterocycles. The lowest BCUT2D eigenvalue weighted by Gasteiger charge is -2.25. The number of methoxy groups -OCH3 is 1. The van der Waals surface area contributed by atoms with E-state index in [1.807, 2.05) is 78.9 Å². The van der Waals surface area contributed by atoms with Crippen molar-refractivity contribution < 1.29 is 14.2 Å². The van der Waals surface area contributed by atoms with Gasteiger partial charge in [0.15, 0.2) is 0 Å². The lowest BCUT2D eigenvalue weighted by atomic mass is 9.82. The molecule has 168 valence electrons. The molecule has 0 aliphatic carbocycles. The van der Waals surface area contributed by atoms with Crippen LogP contribution in [0, 0.1) is 11.3 Å². The molecular formula is C27H22N4O3. The van der Waals surface area contributed by atoms with Crippen molar-refractivity contribution in [2.45, 2.75) is 12.5 Å². The van der Waals surface area contributed by atoms with E-state index in [1.54, 1.807) is 7.11 Å². The van der Waals surface area contributed by atoms with Gasteiger partial charge in [0.2, 0.25) is 11.8 Å². The summed E-state index contributed by atoms with van der Waals surface area (Å²) >= 11 is 0. The Bertz CT molecular complexity index is 1400. The minimum Gasteiger partial charge on any atom is -0.497 e. The first kappa shape index (κ1) is 21.2. The minimum atomic E-state index is -0.527. The number of rotatable bonds is 6. The fourth-order valence-corrected chi connectivity index (χ4v) is 4.14. The van der Waals surface area contributed by atoms with Gasteiger partial charge in [0.1, 0.15) is 29.7 Å². The second-order valence-electron chi connectivity index (χ2n) is 7.79. The molecule has 1 unspecified atom stereocenters. The van der Waals surface area contributed by atoms with Crippen molar-refractivity contribution in [2.75, 3.05) is 7.11 Å². The Morgan fingerprint density at radius 3 is 2.65 bits per heavy atom. The normalized spacial score (nSPS) is 14.6. The molecule has 4 aromatic rings. The van der Waals surface area contributed by atoms with Crippen LogP contribution in [0.2, 0.25) is 0 Å². The van der Waals surface area contributed by atoms with Gasteiger partial charge in [0.25, 0.3) is 0 Å². The number of nitriles is 1. The minimum absolute atomic E-state index is 0.0292. The van der Waals surface area contributed by atoms with Crippen molar-refractivity contribution in [2.24, 2.45) is 5.73 Å². The molecule has 1 atom stereocenters. The summed E-state index contributed by atoms with van der Waals surface area (Å²) in [5.74, 6) is 1.19. The van der Waals surface area contributed by atoms with Crippen LogP contribution in [0.1, 0.15) is 22.6 Å². The maximum atomic E-state index is 10.0. The van der Waals surface area contributed by atoms with E-state index in [0.717, 1.165) is 27.9 Å². The molecule has 0 saturated heterocycles. The predicted octanol–water partition coefficient (Wildman–Crippen LogP) is 4.88. The maximum absolute atomic E-state index is 10.0. The monoisotopic (exact) mass is 450 g/mol. The van der Waals surface area contributed by atoms with E-state index in [2.05, 4.69) is 16.3 Å². The lowest BCUT2D eigenvalue weighted by Crippen LogP contribution is -2.21. The lowest BCUT2D eigenvalue weighted by molar-refractivity contribution is 0.301. The molecule has 0 radical (unpaired) electrons. The maximum Gasteiger partial charge on any atom is 0.244 e. The van der Waals surface area contributed by atoms with Gasteiger partial charge in [-0.05, 0) is 23.8 Å². The number of nitrogens with zero attached hydrogens (tertiary/aromatic N) is 2. The summed E-state index contributed by atoms with van der Waals surface area (Å²) in [7, 11) is 1.62. The van der Waals surface area contributed by atoms with Crippen LogP contribution in [-0.4, -0.2) is 17.3 Å². The number of nitrogens with two attached hydrogens (primary N) is 1. The van der Waals surface area contributed by atoms with Crippen LogP contribution >= 0.6 is 0 Å². The molecule has 1 aliphatic rings. The number of H-pyrrole nitrogens is 1. The number of ether oxygens (including phenoxy) is 3. The highest BCUT2D eigenvalue weighted by Gasteiger charge is 2.37. The number of benzene rings is 3. The first-order valence-corrected chi connectivity index (χ1v) is 10.8. The quantitative estimate of drug-likeness (QED) is 0.434. The second-order valence-corrected chi connectivity index (χ2v) is 7.79. The van der Waals surface area contributed by atoms with Gasteiger partial charge < -0.3 is 19.9 Å². The average Bonchev–Trinajstić information content (AvgIpc) is 3.31. The Labute approximate surface area is 197 Å². The molecule has 3 aromatic carbocycles. The van der Waals surface area contributed by atoms with Crippen LogP contribution in [0.4, 0.5) is 0 Å². The molecule has 0 bridgehead atoms. The standard InChI is InChI=1S/C27H22N4O3/c1-32-19-11-7-10-18(14-19)25-24-23(21(15-28)26(29)34-27(24)31-30-25)20-12-5-6-13-22(20)33-16-17-8-3-2-4-9-17/h2-14,23H,16,29H2,1H3,(H,30,31). The Kier molecular flexibility index (Phi) is 5.63. The molecule has 0 fully saturated rings. The smallest absolute Gasteiger partial charge is 0.244 e. The summed E-state index contributed by atoms with van der Waals surface area (Å²) in [5.41, 5.74) is 10.6. The average molecular weight is 450 g/mol. The van der Waals surface area contributed by atoms with Crippen molar-refractivity contribution >= 4 is 0 Å². The number of aromatic nitrogens is 2. The molecule has 0 spiro atoms. The predicted molar refractivity (Wildman–Crippen MR) is 127 cm³/mol. The zero-order valence-corrected chi connectivity index (χ0v) is 18.5. The number of allylic oxidation sites excluding steroid dienone is 1. The summed E-state index contributed by atoms with van der Waals surface area (Å²) in [5, 5.41) is 17.5. The Hall–Kier alpha value is -4.70. The third-order valence-corrected chi connectivity index (χ3v) is 5.76. The van der Waals surface area contributed by atoms with Gasteiger partial charge in [-0.1, -0.05) is 60.7 Å². The SMILES string of the molecule is COc1cccc(-c2[nH]nc3c2C(c2ccccc2OCc2ccccc2)C(C#N)=C(N)O3)c1. The molecule has 5 rings (SSSR count). The number of para-hydroxylation sites is 1. The molecule has 0 amide bonds. The third kappa shape index (κ3) is 3.82. The van der Waals surface area contributed by atoms with Crippen molar-refractivity contribution in [1.82, 2.24) is 10.2 Å². The first-order chi connectivity index (χ1) is 16.7. The zero-order valence-electron chi connectivity index (χ0n) is 18.5. The second kappa shape index (κ2) is 9.04. The van der Waals surface area contributed by atoms with Crippen LogP contribution in [0.15, 0.2) is 90.3 Å². The highest BCUT2D eigenvalue weighted by molar-refractivity contribution is 5.72. The molecule has 0 saturated carbocycles. The van der Waals surface area contributed by atoms with E-state index in [4.69, 9.17) is 19.9 Å². The van der Waals surface area contributed by atoms with Gasteiger partial charge in [0.05, 0.1) is 24.3 Å². The highest BCUT2D eigenvalue weighted by Crippen LogP contribution is 2.48. The van der Waals surface area contributed by atoms with Gasteiger partial charge in [-0.2, -0.15) is 5.26 Å². The van der Waals surface area contributed by atoms with Crippen LogP contribution < -0.4 is 19.9 Å². The van der Waals surface area contributed by atoms with E-state index >= 15 is 0 Å². The number of nitrogens with one attached hydrogen (secondary N) is 1. The summed E-state index contributed by atoms with van der Waals surface area (Å²) in [6.07, 6.45) is 0. The summed E-state index contributed by atoms with van der Waals surface area (Å²) in [4.78, 5) is 0. The molecule has 1 aromatic heterocycles. The third-order valence-electron chi connectivity index (χ3n) is 5.76. The van der Waals surface area contributed by atoms with Gasteiger partial charge in [0, 0.05) is 11.1 Å². The summed E-state index contributed by atoms with van der Waals surface area (Å²) < 4.78 is 17.3. The van der Waals surface area contributed by atoms with Gasteiger partial charge in [-0.3, -0.25) is 5.10 Å². The fourth-order valence-electron chi connectivity index (χ4n) is 4.14. The number of fused-ring (bicyclic) bond motifs is 1. The van der Waals surface area contributed by atoms with Gasteiger partial charge in [-0.25, -0.2) is 0 Å². The fraction of sp³-hybridized carbons (Fsp3) is 0.111. The van der Waals surface area contributed by atoms with E-state index in [0.29, 0.717) is 29.6 Å². The number of hydrogen-bond acceptors (Lipinski definition) is 6. The Morgan fingerprint density at radius 1 is 1.06 bits per heavy atom. The number of hydrogen-bond donors (Lipinski definition) is 2. The topological polar surface area (TPSA) is 106 Å². The van der Waals surface area contributed by atoms with Gasteiger partial charge in [-0.15, -0.1) is 5.10 Å². The van der Waals surface area contributed by atoms with Crippen molar-refractivity contribution in [3.8, 4) is 34.7 Å². The summed E-state index contributed by atoms with van der Waals surface area (Å²) in [6.45, 7) is 0.392. The number of aromatic amines is 1. The van der Waals surface area contributed by atoms with Crippen LogP contribution in [0.5, 0.6) is 17.4 Å². The summed E-state index contributed by atoms with van der Waals surface area (Å²) in [6, 6.07) is 27.4. The van der Waals surface area contributed by atoms with E-state index in [-0.39, 0.29) is 5.88 Å². The highest BCUT2D eigenvalue weighted by atomic mass is 16.5. The first-order valence-electron chi connectivity index (χ1n) is 10.8. The zero-order chi connectivity index (χ0) is 23.5. The molecular weight excluding hydrogens is 428 g/mol. The molecule has 7 heteroatoms.